The fraction of sp³-hybridized carbons (Fsp3) is 0.444. The standard InChI is InChI=1S/C18H23ClN4O2/c1-13-17(14(2)25-21-13)11-20-12-18(24)23-8-6-22(7-9-23)16-5-3-4-15(19)10-16/h3-5,10,20H,6-9,11-12H2,1-2H3. The molecule has 0 radical (unpaired) electrons. The molecule has 7 heteroatoms. The second kappa shape index (κ2) is 7.89. The maximum Gasteiger partial charge on any atom is 0.236 e. The van der Waals surface area contributed by atoms with Crippen molar-refractivity contribution in [2.75, 3.05) is 37.6 Å². The summed E-state index contributed by atoms with van der Waals surface area (Å²) in [6, 6.07) is 7.84. The van der Waals surface area contributed by atoms with Gasteiger partial charge in [-0.05, 0) is 32.0 Å². The molecule has 1 aliphatic heterocycles. The summed E-state index contributed by atoms with van der Waals surface area (Å²) in [6.45, 7) is 7.78. The number of hydrogen-bond acceptors (Lipinski definition) is 5. The van der Waals surface area contributed by atoms with Crippen LogP contribution < -0.4 is 10.2 Å². The summed E-state index contributed by atoms with van der Waals surface area (Å²) < 4.78 is 5.13. The molecular formula is C18H23ClN4O2. The average molecular weight is 363 g/mol. The van der Waals surface area contributed by atoms with E-state index < -0.39 is 0 Å². The largest absolute Gasteiger partial charge is 0.368 e. The van der Waals surface area contributed by atoms with Crippen molar-refractivity contribution in [2.24, 2.45) is 0 Å². The van der Waals surface area contributed by atoms with Gasteiger partial charge in [0.05, 0.1) is 12.2 Å². The second-order valence-electron chi connectivity index (χ2n) is 6.25. The Balaban J connectivity index is 1.45. The van der Waals surface area contributed by atoms with E-state index in [-0.39, 0.29) is 5.91 Å². The number of aromatic nitrogens is 1. The van der Waals surface area contributed by atoms with Crippen molar-refractivity contribution < 1.29 is 9.32 Å². The number of benzene rings is 1. The minimum absolute atomic E-state index is 0.123. The van der Waals surface area contributed by atoms with Crippen LogP contribution in [0.3, 0.4) is 0 Å². The Morgan fingerprint density at radius 1 is 1.28 bits per heavy atom. The first-order chi connectivity index (χ1) is 12.0. The van der Waals surface area contributed by atoms with Crippen molar-refractivity contribution in [2.45, 2.75) is 20.4 Å². The minimum Gasteiger partial charge on any atom is -0.368 e. The van der Waals surface area contributed by atoms with Gasteiger partial charge in [-0.3, -0.25) is 4.79 Å². The van der Waals surface area contributed by atoms with Gasteiger partial charge in [-0.25, -0.2) is 0 Å². The Morgan fingerprint density at radius 3 is 2.68 bits per heavy atom. The number of piperazine rings is 1. The average Bonchev–Trinajstić information content (AvgIpc) is 2.94. The van der Waals surface area contributed by atoms with E-state index in [1.54, 1.807) is 0 Å². The lowest BCUT2D eigenvalue weighted by molar-refractivity contribution is -0.130. The van der Waals surface area contributed by atoms with E-state index in [0.29, 0.717) is 13.1 Å². The number of carbonyl (C=O) groups excluding carboxylic acids is 1. The number of anilines is 1. The predicted molar refractivity (Wildman–Crippen MR) is 97.9 cm³/mol. The van der Waals surface area contributed by atoms with E-state index in [1.807, 2.05) is 36.9 Å². The molecule has 0 atom stereocenters. The predicted octanol–water partition coefficient (Wildman–Crippen LogP) is 2.38. The van der Waals surface area contributed by atoms with Crippen LogP contribution in [0.4, 0.5) is 5.69 Å². The number of carbonyl (C=O) groups is 1. The molecule has 2 heterocycles. The van der Waals surface area contributed by atoms with Crippen LogP contribution in [-0.2, 0) is 11.3 Å². The Labute approximate surface area is 152 Å². The van der Waals surface area contributed by atoms with Crippen molar-refractivity contribution in [1.29, 1.82) is 0 Å². The number of amides is 1. The first kappa shape index (κ1) is 17.8. The molecule has 25 heavy (non-hydrogen) atoms. The molecule has 1 aromatic carbocycles. The Bertz CT molecular complexity index is 719. The molecule has 0 saturated carbocycles. The second-order valence-corrected chi connectivity index (χ2v) is 6.69. The summed E-state index contributed by atoms with van der Waals surface area (Å²) in [5.41, 5.74) is 3.00. The molecule has 0 spiro atoms. The van der Waals surface area contributed by atoms with E-state index in [0.717, 1.165) is 53.9 Å². The molecule has 0 unspecified atom stereocenters. The molecule has 1 fully saturated rings. The summed E-state index contributed by atoms with van der Waals surface area (Å²) in [4.78, 5) is 16.5. The van der Waals surface area contributed by atoms with E-state index in [2.05, 4.69) is 21.4 Å². The van der Waals surface area contributed by atoms with Gasteiger partial charge in [-0.1, -0.05) is 22.8 Å². The smallest absolute Gasteiger partial charge is 0.236 e. The van der Waals surface area contributed by atoms with E-state index in [1.165, 1.54) is 0 Å². The molecular weight excluding hydrogens is 340 g/mol. The third-order valence-corrected chi connectivity index (χ3v) is 4.80. The van der Waals surface area contributed by atoms with Crippen LogP contribution in [0.5, 0.6) is 0 Å². The lowest BCUT2D eigenvalue weighted by Crippen LogP contribution is -2.50. The van der Waals surface area contributed by atoms with Crippen molar-refractivity contribution in [3.63, 3.8) is 0 Å². The van der Waals surface area contributed by atoms with Crippen LogP contribution in [0.2, 0.25) is 5.02 Å². The van der Waals surface area contributed by atoms with Crippen LogP contribution in [-0.4, -0.2) is 48.7 Å². The van der Waals surface area contributed by atoms with Gasteiger partial charge in [0.25, 0.3) is 0 Å². The normalized spacial score (nSPS) is 14.8. The highest BCUT2D eigenvalue weighted by atomic mass is 35.5. The van der Waals surface area contributed by atoms with Gasteiger partial charge in [0.1, 0.15) is 5.76 Å². The maximum atomic E-state index is 12.4. The molecule has 134 valence electrons. The van der Waals surface area contributed by atoms with Crippen LogP contribution >= 0.6 is 11.6 Å². The lowest BCUT2D eigenvalue weighted by atomic mass is 10.2. The van der Waals surface area contributed by atoms with Crippen molar-refractivity contribution in [3.8, 4) is 0 Å². The highest BCUT2D eigenvalue weighted by Gasteiger charge is 2.21. The number of rotatable bonds is 5. The third kappa shape index (κ3) is 4.32. The molecule has 1 saturated heterocycles. The van der Waals surface area contributed by atoms with E-state index in [9.17, 15) is 4.79 Å². The molecule has 1 N–H and O–H groups in total. The topological polar surface area (TPSA) is 61.6 Å². The lowest BCUT2D eigenvalue weighted by Gasteiger charge is -2.36. The Morgan fingerprint density at radius 2 is 2.04 bits per heavy atom. The van der Waals surface area contributed by atoms with Gasteiger partial charge in [0.2, 0.25) is 5.91 Å². The van der Waals surface area contributed by atoms with E-state index >= 15 is 0 Å². The fourth-order valence-electron chi connectivity index (χ4n) is 3.05. The Hall–Kier alpha value is -2.05. The zero-order valence-corrected chi connectivity index (χ0v) is 15.3. The summed E-state index contributed by atoms with van der Waals surface area (Å²) in [6.07, 6.45) is 0. The molecule has 0 bridgehead atoms. The highest BCUT2D eigenvalue weighted by molar-refractivity contribution is 6.30. The molecule has 6 nitrogen and oxygen atoms in total. The molecule has 2 aromatic rings. The van der Waals surface area contributed by atoms with Crippen LogP contribution in [0, 0.1) is 13.8 Å². The number of aryl methyl sites for hydroxylation is 2. The maximum absolute atomic E-state index is 12.4. The zero-order valence-electron chi connectivity index (χ0n) is 14.6. The Kier molecular flexibility index (Phi) is 5.60. The van der Waals surface area contributed by atoms with Gasteiger partial charge >= 0.3 is 0 Å². The van der Waals surface area contributed by atoms with Gasteiger partial charge in [-0.15, -0.1) is 0 Å². The molecule has 0 aliphatic carbocycles. The first-order valence-corrected chi connectivity index (χ1v) is 8.83. The SMILES string of the molecule is Cc1noc(C)c1CNCC(=O)N1CCN(c2cccc(Cl)c2)CC1. The van der Waals surface area contributed by atoms with Crippen LogP contribution in [0.15, 0.2) is 28.8 Å². The molecule has 1 amide bonds. The van der Waals surface area contributed by atoms with E-state index in [4.69, 9.17) is 16.1 Å². The van der Waals surface area contributed by atoms with Gasteiger partial charge in [0.15, 0.2) is 0 Å². The first-order valence-electron chi connectivity index (χ1n) is 8.45. The quantitative estimate of drug-likeness (QED) is 0.884. The molecule has 1 aliphatic rings. The summed E-state index contributed by atoms with van der Waals surface area (Å²) in [5, 5.41) is 7.85. The minimum atomic E-state index is 0.123. The molecule has 1 aromatic heterocycles. The third-order valence-electron chi connectivity index (χ3n) is 4.56. The van der Waals surface area contributed by atoms with Crippen molar-refractivity contribution >= 4 is 23.2 Å². The number of nitrogens with zero attached hydrogens (tertiary/aromatic N) is 3. The summed E-state index contributed by atoms with van der Waals surface area (Å²) in [7, 11) is 0. The van der Waals surface area contributed by atoms with Crippen LogP contribution in [0.1, 0.15) is 17.0 Å². The summed E-state index contributed by atoms with van der Waals surface area (Å²) in [5.74, 6) is 0.921. The van der Waals surface area contributed by atoms with Crippen molar-refractivity contribution in [3.05, 3.63) is 46.3 Å². The number of hydrogen-bond donors (Lipinski definition) is 1. The summed E-state index contributed by atoms with van der Waals surface area (Å²) >= 11 is 6.05. The highest BCUT2D eigenvalue weighted by Crippen LogP contribution is 2.20. The molecule has 3 rings (SSSR count). The van der Waals surface area contributed by atoms with Gasteiger partial charge in [0, 0.05) is 49.0 Å². The zero-order chi connectivity index (χ0) is 17.8. The van der Waals surface area contributed by atoms with Crippen LogP contribution in [0.25, 0.3) is 0 Å². The fourth-order valence-corrected chi connectivity index (χ4v) is 3.23. The van der Waals surface area contributed by atoms with Crippen molar-refractivity contribution in [1.82, 2.24) is 15.4 Å². The van der Waals surface area contributed by atoms with Gasteiger partial charge < -0.3 is 19.6 Å². The monoisotopic (exact) mass is 362 g/mol. The number of halogens is 1. The van der Waals surface area contributed by atoms with Gasteiger partial charge in [-0.2, -0.15) is 0 Å². The number of nitrogens with one attached hydrogen (secondary N) is 1.